The summed E-state index contributed by atoms with van der Waals surface area (Å²) in [5.41, 5.74) is 0.219. The molecule has 0 aliphatic rings. The van der Waals surface area contributed by atoms with Gasteiger partial charge in [0.25, 0.3) is 0 Å². The Hall–Kier alpha value is -2.30. The fourth-order valence-electron chi connectivity index (χ4n) is 1.89. The molecular weight excluding hydrogens is 269 g/mol. The molecule has 5 heteroatoms. The van der Waals surface area contributed by atoms with Gasteiger partial charge in [-0.2, -0.15) is 0 Å². The average molecular weight is 280 g/mol. The summed E-state index contributed by atoms with van der Waals surface area (Å²) >= 11 is 0. The summed E-state index contributed by atoms with van der Waals surface area (Å²) in [6.45, 7) is 0. The lowest BCUT2D eigenvalue weighted by atomic mass is 10.0. The lowest BCUT2D eigenvalue weighted by Gasteiger charge is -2.08. The van der Waals surface area contributed by atoms with Crippen LogP contribution in [0.15, 0.2) is 36.4 Å². The van der Waals surface area contributed by atoms with Gasteiger partial charge in [-0.15, -0.1) is 0 Å². The predicted octanol–water partition coefficient (Wildman–Crippen LogP) is 3.54. The highest BCUT2D eigenvalue weighted by atomic mass is 19.1. The highest BCUT2D eigenvalue weighted by Crippen LogP contribution is 2.21. The number of Topliss-reactive ketones (excluding diaryl/α,β-unsaturated/α-hetero) is 1. The van der Waals surface area contributed by atoms with Crippen molar-refractivity contribution < 1.29 is 22.7 Å². The van der Waals surface area contributed by atoms with Gasteiger partial charge in [-0.25, -0.2) is 13.2 Å². The molecule has 0 bridgehead atoms. The highest BCUT2D eigenvalue weighted by molar-refractivity contribution is 6.00. The number of rotatable bonds is 4. The summed E-state index contributed by atoms with van der Waals surface area (Å²) in [7, 11) is 1.35. The first-order valence-electron chi connectivity index (χ1n) is 5.81. The third-order valence-electron chi connectivity index (χ3n) is 2.75. The van der Waals surface area contributed by atoms with Crippen molar-refractivity contribution in [2.75, 3.05) is 7.11 Å². The Morgan fingerprint density at radius 3 is 2.25 bits per heavy atom. The first-order chi connectivity index (χ1) is 9.49. The summed E-state index contributed by atoms with van der Waals surface area (Å²) in [4.78, 5) is 12.1. The van der Waals surface area contributed by atoms with Crippen LogP contribution in [0.2, 0.25) is 0 Å². The number of hydrogen-bond donors (Lipinski definition) is 0. The van der Waals surface area contributed by atoms with E-state index in [4.69, 9.17) is 4.74 Å². The van der Waals surface area contributed by atoms with Crippen LogP contribution < -0.4 is 4.74 Å². The zero-order chi connectivity index (χ0) is 14.7. The lowest BCUT2D eigenvalue weighted by molar-refractivity contribution is 0.0989. The van der Waals surface area contributed by atoms with E-state index in [0.29, 0.717) is 0 Å². The normalized spacial score (nSPS) is 10.4. The van der Waals surface area contributed by atoms with E-state index in [1.165, 1.54) is 13.2 Å². The Bertz CT molecular complexity index is 633. The third-order valence-corrected chi connectivity index (χ3v) is 2.75. The molecule has 0 spiro atoms. The molecule has 0 amide bonds. The van der Waals surface area contributed by atoms with E-state index < -0.39 is 23.2 Å². The van der Waals surface area contributed by atoms with E-state index in [2.05, 4.69) is 0 Å². The van der Waals surface area contributed by atoms with Crippen molar-refractivity contribution in [3.05, 3.63) is 65.0 Å². The molecule has 0 aromatic heterocycles. The number of halogens is 3. The van der Waals surface area contributed by atoms with Gasteiger partial charge in [-0.1, -0.05) is 0 Å². The summed E-state index contributed by atoms with van der Waals surface area (Å²) < 4.78 is 44.3. The lowest BCUT2D eigenvalue weighted by Crippen LogP contribution is -2.07. The van der Waals surface area contributed by atoms with Gasteiger partial charge < -0.3 is 4.74 Å². The van der Waals surface area contributed by atoms with Gasteiger partial charge in [-0.05, 0) is 35.9 Å². The van der Waals surface area contributed by atoms with Crippen LogP contribution in [0.4, 0.5) is 13.2 Å². The van der Waals surface area contributed by atoms with Crippen LogP contribution >= 0.6 is 0 Å². The first-order valence-corrected chi connectivity index (χ1v) is 5.81. The van der Waals surface area contributed by atoms with Crippen molar-refractivity contribution in [3.63, 3.8) is 0 Å². The Balaban J connectivity index is 2.30. The monoisotopic (exact) mass is 280 g/mol. The summed E-state index contributed by atoms with van der Waals surface area (Å²) in [6.07, 6.45) is -0.242. The summed E-state index contributed by atoms with van der Waals surface area (Å²) in [6, 6.07) is 6.37. The number of methoxy groups -OCH3 is 1. The molecule has 0 unspecified atom stereocenters. The van der Waals surface area contributed by atoms with Crippen molar-refractivity contribution in [3.8, 4) is 5.75 Å². The molecule has 2 nitrogen and oxygen atoms in total. The molecular formula is C15H11F3O2. The number of carbonyl (C=O) groups excluding carboxylic acids is 1. The Labute approximate surface area is 113 Å². The standard InChI is InChI=1S/C15H11F3O2/c1-20-15-3-2-10(16)8-13(15)14(19)6-9-4-11(17)7-12(18)5-9/h2-5,7-8H,6H2,1H3. The van der Waals surface area contributed by atoms with E-state index in [9.17, 15) is 18.0 Å². The summed E-state index contributed by atoms with van der Waals surface area (Å²) in [5, 5.41) is 0. The number of ether oxygens (including phenoxy) is 1. The smallest absolute Gasteiger partial charge is 0.171 e. The maximum absolute atomic E-state index is 13.2. The topological polar surface area (TPSA) is 26.3 Å². The maximum Gasteiger partial charge on any atom is 0.171 e. The van der Waals surface area contributed by atoms with E-state index >= 15 is 0 Å². The fraction of sp³-hybridized carbons (Fsp3) is 0.133. The number of ketones is 1. The van der Waals surface area contributed by atoms with Gasteiger partial charge in [-0.3, -0.25) is 4.79 Å². The van der Waals surface area contributed by atoms with Crippen molar-refractivity contribution in [1.29, 1.82) is 0 Å². The second kappa shape index (κ2) is 5.77. The molecule has 104 valence electrons. The van der Waals surface area contributed by atoms with Crippen LogP contribution in [0.25, 0.3) is 0 Å². The zero-order valence-electron chi connectivity index (χ0n) is 10.6. The Morgan fingerprint density at radius 2 is 1.65 bits per heavy atom. The predicted molar refractivity (Wildman–Crippen MR) is 67.3 cm³/mol. The van der Waals surface area contributed by atoms with Crippen molar-refractivity contribution in [2.24, 2.45) is 0 Å². The molecule has 0 fully saturated rings. The van der Waals surface area contributed by atoms with Gasteiger partial charge in [0, 0.05) is 12.5 Å². The van der Waals surface area contributed by atoms with Gasteiger partial charge in [0.2, 0.25) is 0 Å². The van der Waals surface area contributed by atoms with Crippen molar-refractivity contribution in [1.82, 2.24) is 0 Å². The van der Waals surface area contributed by atoms with Crippen molar-refractivity contribution >= 4 is 5.78 Å². The Kier molecular flexibility index (Phi) is 4.08. The van der Waals surface area contributed by atoms with E-state index in [1.54, 1.807) is 0 Å². The molecule has 0 N–H and O–H groups in total. The molecule has 0 saturated heterocycles. The number of benzene rings is 2. The second-order valence-electron chi connectivity index (χ2n) is 4.22. The van der Waals surface area contributed by atoms with Crippen LogP contribution in [0, 0.1) is 17.5 Å². The molecule has 0 atom stereocenters. The molecule has 2 aromatic carbocycles. The summed E-state index contributed by atoms with van der Waals surface area (Å²) in [5.74, 6) is -2.38. The van der Waals surface area contributed by atoms with Gasteiger partial charge in [0.15, 0.2) is 5.78 Å². The van der Waals surface area contributed by atoms with E-state index in [-0.39, 0.29) is 23.3 Å². The van der Waals surface area contributed by atoms with Gasteiger partial charge in [0.1, 0.15) is 23.2 Å². The minimum atomic E-state index is -0.765. The largest absolute Gasteiger partial charge is 0.496 e. The number of hydrogen-bond acceptors (Lipinski definition) is 2. The van der Waals surface area contributed by atoms with Gasteiger partial charge in [0.05, 0.1) is 12.7 Å². The molecule has 0 radical (unpaired) electrons. The zero-order valence-corrected chi connectivity index (χ0v) is 10.6. The van der Waals surface area contributed by atoms with Gasteiger partial charge >= 0.3 is 0 Å². The molecule has 0 saturated carbocycles. The molecule has 20 heavy (non-hydrogen) atoms. The average Bonchev–Trinajstić information content (AvgIpc) is 2.37. The fourth-order valence-corrected chi connectivity index (χ4v) is 1.89. The number of carbonyl (C=O) groups is 1. The van der Waals surface area contributed by atoms with Crippen LogP contribution in [0.5, 0.6) is 5.75 Å². The Morgan fingerprint density at radius 1 is 1.00 bits per heavy atom. The molecule has 2 rings (SSSR count). The maximum atomic E-state index is 13.2. The third kappa shape index (κ3) is 3.17. The molecule has 0 aliphatic heterocycles. The van der Waals surface area contributed by atoms with E-state index in [1.807, 2.05) is 0 Å². The van der Waals surface area contributed by atoms with Crippen molar-refractivity contribution in [2.45, 2.75) is 6.42 Å². The second-order valence-corrected chi connectivity index (χ2v) is 4.22. The SMILES string of the molecule is COc1ccc(F)cc1C(=O)Cc1cc(F)cc(F)c1. The van der Waals surface area contributed by atoms with Crippen LogP contribution in [-0.2, 0) is 6.42 Å². The molecule has 0 heterocycles. The molecule has 0 aliphatic carbocycles. The highest BCUT2D eigenvalue weighted by Gasteiger charge is 2.15. The minimum Gasteiger partial charge on any atom is -0.496 e. The van der Waals surface area contributed by atoms with Crippen LogP contribution in [0.1, 0.15) is 15.9 Å². The minimum absolute atomic E-state index is 0.0390. The quantitative estimate of drug-likeness (QED) is 0.801. The first kappa shape index (κ1) is 14.1. The van der Waals surface area contributed by atoms with Crippen LogP contribution in [0.3, 0.4) is 0 Å². The van der Waals surface area contributed by atoms with Crippen LogP contribution in [-0.4, -0.2) is 12.9 Å². The molecule has 2 aromatic rings. The van der Waals surface area contributed by atoms with E-state index in [0.717, 1.165) is 30.3 Å².